The lowest BCUT2D eigenvalue weighted by Gasteiger charge is -2.25. The Morgan fingerprint density at radius 2 is 1.19 bits per heavy atom. The number of aromatic amines is 3. The van der Waals surface area contributed by atoms with E-state index in [9.17, 15) is 72.6 Å². The lowest BCUT2D eigenvalue weighted by atomic mass is 10.1. The number of hydrogen-bond donors (Lipinski definition) is 8. The zero-order chi connectivity index (χ0) is 41.8. The molecule has 0 aromatic carbocycles. The van der Waals surface area contributed by atoms with Gasteiger partial charge in [0.05, 0.1) is 19.8 Å². The van der Waals surface area contributed by atoms with Crippen LogP contribution in [0, 0.1) is 0 Å². The molecule has 0 aliphatic carbocycles. The quantitative estimate of drug-likeness (QED) is 0.0437. The van der Waals surface area contributed by atoms with Crippen molar-refractivity contribution in [2.24, 2.45) is 0 Å². The Hall–Kier alpha value is -4.64. The first kappa shape index (κ1) is 43.5. The number of carbonyl (C=O) groups is 2. The highest BCUT2D eigenvalue weighted by Gasteiger charge is 2.52. The number of aromatic nitrogens is 6. The molecule has 12 unspecified atom stereocenters. The number of aliphatic hydroxyl groups is 3. The summed E-state index contributed by atoms with van der Waals surface area (Å²) in [7, 11) is -10.9. The number of aldehydes is 2. The number of hydrogen-bond acceptors (Lipinski definition) is 20. The molecule has 57 heavy (non-hydrogen) atoms. The highest BCUT2D eigenvalue weighted by molar-refractivity contribution is 7.47. The summed E-state index contributed by atoms with van der Waals surface area (Å²) in [6.45, 7) is -3.28. The Bertz CT molecular complexity index is 2390. The minimum atomic E-state index is -5.49. The van der Waals surface area contributed by atoms with Gasteiger partial charge in [0, 0.05) is 36.8 Å². The standard InChI is InChI=1S/C27H32N6O22P2/c34-7-12(51-18(9-36)31-4-1-15(37)28-25(31)42)10-49-56(45,46)55-22-14(53-24(20(22)41)33-6-3-17(39)30-27(33)44)11-50-57(47,48)54-21-13(8-35)52-23(19(21)40)32-5-2-16(38)29-26(32)43/h1-7,9,12-14,18-24,35,40-41H,8,10-11H2,(H,45,46)(H,47,48)(H,28,37,42)(H,29,38,43)(H,30,39,44). The Morgan fingerprint density at radius 3 is 1.67 bits per heavy atom. The monoisotopic (exact) mass is 854 g/mol. The van der Waals surface area contributed by atoms with Crippen molar-refractivity contribution in [3.05, 3.63) is 99.3 Å². The van der Waals surface area contributed by atoms with Gasteiger partial charge >= 0.3 is 32.7 Å². The summed E-state index contributed by atoms with van der Waals surface area (Å²) in [4.78, 5) is 121. The van der Waals surface area contributed by atoms with Crippen LogP contribution in [0.2, 0.25) is 0 Å². The molecular weight excluding hydrogens is 822 g/mol. The van der Waals surface area contributed by atoms with Crippen molar-refractivity contribution in [3.8, 4) is 0 Å². The number of rotatable bonds is 18. The van der Waals surface area contributed by atoms with E-state index in [1.165, 1.54) is 0 Å². The van der Waals surface area contributed by atoms with Gasteiger partial charge in [-0.2, -0.15) is 0 Å². The number of ether oxygens (including phenoxy) is 3. The highest BCUT2D eigenvalue weighted by Crippen LogP contribution is 2.51. The van der Waals surface area contributed by atoms with Gasteiger partial charge in [0.1, 0.15) is 42.7 Å². The number of phosphoric acid groups is 2. The molecule has 2 fully saturated rings. The minimum absolute atomic E-state index is 0.00357. The molecule has 0 spiro atoms. The number of carbonyl (C=O) groups excluding carboxylic acids is 2. The molecule has 30 heteroatoms. The Kier molecular flexibility index (Phi) is 13.6. The van der Waals surface area contributed by atoms with E-state index in [1.54, 1.807) is 0 Å². The second-order valence-electron chi connectivity index (χ2n) is 11.9. The third-order valence-corrected chi connectivity index (χ3v) is 10.0. The van der Waals surface area contributed by atoms with Crippen LogP contribution in [0.5, 0.6) is 0 Å². The zero-order valence-corrected chi connectivity index (χ0v) is 30.2. The van der Waals surface area contributed by atoms with Gasteiger partial charge in [0.25, 0.3) is 16.7 Å². The van der Waals surface area contributed by atoms with Crippen LogP contribution in [0.15, 0.2) is 65.6 Å². The van der Waals surface area contributed by atoms with Crippen molar-refractivity contribution in [3.63, 3.8) is 0 Å². The first-order chi connectivity index (χ1) is 26.9. The van der Waals surface area contributed by atoms with Crippen LogP contribution in [0.1, 0.15) is 18.7 Å². The molecular formula is C27H32N6O22P2. The molecule has 0 radical (unpaired) electrons. The molecule has 2 aliphatic heterocycles. The van der Waals surface area contributed by atoms with Crippen LogP contribution in [0.25, 0.3) is 0 Å². The molecule has 0 saturated carbocycles. The highest BCUT2D eigenvalue weighted by atomic mass is 31.2. The maximum absolute atomic E-state index is 13.1. The van der Waals surface area contributed by atoms with Gasteiger partial charge in [-0.25, -0.2) is 23.5 Å². The van der Waals surface area contributed by atoms with Crippen LogP contribution in [-0.4, -0.2) is 129 Å². The van der Waals surface area contributed by atoms with Gasteiger partial charge in [0.2, 0.25) is 0 Å². The van der Waals surface area contributed by atoms with Gasteiger partial charge in [-0.15, -0.1) is 0 Å². The van der Waals surface area contributed by atoms with E-state index >= 15 is 0 Å². The van der Waals surface area contributed by atoms with E-state index in [0.29, 0.717) is 13.7 Å². The fourth-order valence-electron chi connectivity index (χ4n) is 5.48. The van der Waals surface area contributed by atoms with Crippen molar-refractivity contribution in [1.82, 2.24) is 28.7 Å². The summed E-state index contributed by atoms with van der Waals surface area (Å²) in [5.74, 6) is 0. The lowest BCUT2D eigenvalue weighted by molar-refractivity contribution is -0.140. The van der Waals surface area contributed by atoms with Crippen LogP contribution in [0.3, 0.4) is 0 Å². The van der Waals surface area contributed by atoms with Crippen molar-refractivity contribution in [2.45, 2.75) is 61.4 Å². The van der Waals surface area contributed by atoms with E-state index in [0.717, 1.165) is 36.8 Å². The first-order valence-electron chi connectivity index (χ1n) is 16.0. The molecule has 0 amide bonds. The van der Waals surface area contributed by atoms with E-state index in [4.69, 9.17) is 32.3 Å². The van der Waals surface area contributed by atoms with Gasteiger partial charge < -0.3 is 44.1 Å². The average Bonchev–Trinajstić information content (AvgIpc) is 3.61. The number of H-pyrrole nitrogens is 3. The van der Waals surface area contributed by atoms with Gasteiger partial charge in [-0.05, 0) is 0 Å². The third kappa shape index (κ3) is 10.3. The Morgan fingerprint density at radius 1 is 0.719 bits per heavy atom. The normalized spacial score (nSPS) is 27.9. The molecule has 312 valence electrons. The molecule has 8 N–H and O–H groups in total. The maximum atomic E-state index is 13.1. The van der Waals surface area contributed by atoms with Gasteiger partial charge in [0.15, 0.2) is 31.3 Å². The largest absolute Gasteiger partial charge is 0.472 e. The van der Waals surface area contributed by atoms with Crippen molar-refractivity contribution in [2.75, 3.05) is 19.8 Å². The molecule has 5 rings (SSSR count). The number of phosphoric ester groups is 2. The third-order valence-electron chi connectivity index (χ3n) is 8.07. The Labute approximate surface area is 313 Å². The molecule has 3 aromatic rings. The molecule has 12 atom stereocenters. The van der Waals surface area contributed by atoms with E-state index in [2.05, 4.69) is 0 Å². The van der Waals surface area contributed by atoms with Crippen molar-refractivity contribution < 1.29 is 76.1 Å². The fourth-order valence-corrected chi connectivity index (χ4v) is 7.41. The van der Waals surface area contributed by atoms with Crippen LogP contribution in [-0.2, 0) is 51.0 Å². The van der Waals surface area contributed by atoms with Gasteiger partial charge in [-0.3, -0.25) is 65.9 Å². The first-order valence-corrected chi connectivity index (χ1v) is 19.0. The summed E-state index contributed by atoms with van der Waals surface area (Å²) in [6.07, 6.45) is -16.1. The average molecular weight is 855 g/mol. The number of nitrogens with one attached hydrogen (secondary N) is 3. The summed E-state index contributed by atoms with van der Waals surface area (Å²) in [5.41, 5.74) is -5.83. The summed E-state index contributed by atoms with van der Waals surface area (Å²) >= 11 is 0. The van der Waals surface area contributed by atoms with Crippen LogP contribution >= 0.6 is 15.6 Å². The van der Waals surface area contributed by atoms with E-state index in [-0.39, 0.29) is 12.6 Å². The van der Waals surface area contributed by atoms with Crippen molar-refractivity contribution in [1.29, 1.82) is 0 Å². The summed E-state index contributed by atoms with van der Waals surface area (Å²) in [6, 6.07) is 2.58. The molecule has 2 aliphatic rings. The number of nitrogens with zero attached hydrogens (tertiary/aromatic N) is 3. The molecule has 3 aromatic heterocycles. The maximum Gasteiger partial charge on any atom is 0.472 e. The number of aliphatic hydroxyl groups excluding tert-OH is 3. The fraction of sp³-hybridized carbons (Fsp3) is 0.481. The van der Waals surface area contributed by atoms with Crippen LogP contribution in [0.4, 0.5) is 0 Å². The summed E-state index contributed by atoms with van der Waals surface area (Å²) < 4.78 is 64.0. The Balaban J connectivity index is 1.31. The lowest BCUT2D eigenvalue weighted by Crippen LogP contribution is -2.39. The van der Waals surface area contributed by atoms with E-state index in [1.807, 2.05) is 15.0 Å². The predicted molar refractivity (Wildman–Crippen MR) is 178 cm³/mol. The van der Waals surface area contributed by atoms with Crippen LogP contribution < -0.4 is 33.7 Å². The van der Waals surface area contributed by atoms with Gasteiger partial charge in [-0.1, -0.05) is 0 Å². The smallest absolute Gasteiger partial charge is 0.394 e. The predicted octanol–water partition coefficient (Wildman–Crippen LogP) is -5.57. The second-order valence-corrected chi connectivity index (χ2v) is 14.7. The second kappa shape index (κ2) is 17.9. The molecule has 5 heterocycles. The molecule has 0 bridgehead atoms. The van der Waals surface area contributed by atoms with E-state index < -0.39 is 131 Å². The molecule has 2 saturated heterocycles. The zero-order valence-electron chi connectivity index (χ0n) is 28.4. The van der Waals surface area contributed by atoms with Crippen molar-refractivity contribution >= 4 is 28.2 Å². The molecule has 28 nitrogen and oxygen atoms in total. The minimum Gasteiger partial charge on any atom is -0.394 e. The summed E-state index contributed by atoms with van der Waals surface area (Å²) in [5, 5.41) is 31.7. The topological polar surface area (TPSA) is 399 Å². The SMILES string of the molecule is O=CC(COP(=O)(O)OC1C(COP(=O)(O)OC2C(CO)OC(n3ccc(=O)[nH]c3=O)C2O)OC(n2ccc(=O)[nH]c2=O)C1O)OC(C=O)n1ccc(=O)[nH]c1=O.